The van der Waals surface area contributed by atoms with Crippen molar-refractivity contribution in [2.75, 3.05) is 0 Å². The molecule has 6 aromatic heterocycles. The van der Waals surface area contributed by atoms with Gasteiger partial charge in [-0.1, -0.05) is 0 Å². The Hall–Kier alpha value is -3.78. The van der Waals surface area contributed by atoms with E-state index in [-0.39, 0.29) is 0 Å². The fraction of sp³-hybridized carbons (Fsp3) is 0. The summed E-state index contributed by atoms with van der Waals surface area (Å²) in [6.45, 7) is 0. The normalized spacial score (nSPS) is 11.6. The highest BCUT2D eigenvalue weighted by Gasteiger charge is 2.15. The lowest BCUT2D eigenvalue weighted by molar-refractivity contribution is 1.09. The summed E-state index contributed by atoms with van der Waals surface area (Å²) in [5, 5.41) is 20.6. The molecule has 0 saturated carbocycles. The molecule has 6 rings (SSSR count). The van der Waals surface area contributed by atoms with Crippen molar-refractivity contribution in [2.45, 2.75) is 0 Å². The van der Waals surface area contributed by atoms with Gasteiger partial charge in [0.15, 0.2) is 5.65 Å². The Bertz CT molecular complexity index is 1410. The Kier molecular flexibility index (Phi) is 3.20. The van der Waals surface area contributed by atoms with Gasteiger partial charge in [-0.3, -0.25) is 15.2 Å². The van der Waals surface area contributed by atoms with E-state index in [2.05, 4.69) is 64.3 Å². The first kappa shape index (κ1) is 15.3. The van der Waals surface area contributed by atoms with Crippen LogP contribution >= 0.6 is 11.3 Å². The first-order valence-corrected chi connectivity index (χ1v) is 9.65. The van der Waals surface area contributed by atoms with E-state index in [1.165, 1.54) is 0 Å². The zero-order valence-electron chi connectivity index (χ0n) is 14.5. The molecule has 0 aromatic carbocycles. The van der Waals surface area contributed by atoms with Crippen LogP contribution < -0.4 is 0 Å². The lowest BCUT2D eigenvalue weighted by Gasteiger charge is -1.98. The summed E-state index contributed by atoms with van der Waals surface area (Å²) < 4.78 is 0. The number of fused-ring (bicyclic) bond motifs is 2. The van der Waals surface area contributed by atoms with Crippen molar-refractivity contribution in [1.29, 1.82) is 0 Å². The molecule has 0 radical (unpaired) electrons. The zero-order chi connectivity index (χ0) is 18.5. The first-order valence-electron chi connectivity index (χ1n) is 8.71. The van der Waals surface area contributed by atoms with Crippen LogP contribution in [0, 0.1) is 0 Å². The number of pyridine rings is 2. The molecule has 0 fully saturated rings. The number of aromatic nitrogens is 7. The lowest BCUT2D eigenvalue weighted by Crippen LogP contribution is -1.81. The van der Waals surface area contributed by atoms with Crippen LogP contribution in [0.4, 0.5) is 0 Å². The van der Waals surface area contributed by atoms with Gasteiger partial charge in [0, 0.05) is 57.0 Å². The van der Waals surface area contributed by atoms with Gasteiger partial charge in [-0.05, 0) is 29.6 Å². The van der Waals surface area contributed by atoms with E-state index in [4.69, 9.17) is 0 Å². The second-order valence-corrected chi connectivity index (χ2v) is 7.28. The molecule has 7 nitrogen and oxygen atoms in total. The highest BCUT2D eigenvalue weighted by Crippen LogP contribution is 2.34. The third-order valence-corrected chi connectivity index (χ3v) is 5.53. The summed E-state index contributed by atoms with van der Waals surface area (Å²) in [5.74, 6) is 0. The summed E-state index contributed by atoms with van der Waals surface area (Å²) in [5.41, 5.74) is 7.61. The minimum Gasteiger partial charge on any atom is -0.353 e. The summed E-state index contributed by atoms with van der Waals surface area (Å²) in [4.78, 5) is 12.6. The van der Waals surface area contributed by atoms with Gasteiger partial charge in [-0.15, -0.1) is 0 Å². The van der Waals surface area contributed by atoms with Crippen molar-refractivity contribution in [2.24, 2.45) is 0 Å². The number of aromatic amines is 3. The number of nitrogens with one attached hydrogen (secondary N) is 3. The highest BCUT2D eigenvalue weighted by molar-refractivity contribution is 7.08. The summed E-state index contributed by atoms with van der Waals surface area (Å²) in [7, 11) is 0. The molecule has 0 amide bonds. The molecule has 28 heavy (non-hydrogen) atoms. The molecular weight excluding hydrogens is 370 g/mol. The van der Waals surface area contributed by atoms with Gasteiger partial charge in [0.2, 0.25) is 0 Å². The van der Waals surface area contributed by atoms with Crippen molar-refractivity contribution >= 4 is 33.3 Å². The maximum atomic E-state index is 4.59. The van der Waals surface area contributed by atoms with E-state index in [1.807, 2.05) is 24.7 Å². The molecule has 0 atom stereocenters. The molecule has 0 bridgehead atoms. The molecule has 8 heteroatoms. The fourth-order valence-corrected chi connectivity index (χ4v) is 4.13. The number of nitrogens with zero attached hydrogens (tertiary/aromatic N) is 4. The quantitative estimate of drug-likeness (QED) is 0.415. The molecule has 0 saturated heterocycles. The maximum absolute atomic E-state index is 4.59. The van der Waals surface area contributed by atoms with Crippen molar-refractivity contribution in [1.82, 2.24) is 35.3 Å². The van der Waals surface area contributed by atoms with E-state index in [0.29, 0.717) is 0 Å². The van der Waals surface area contributed by atoms with Gasteiger partial charge in [0.1, 0.15) is 5.69 Å². The second-order valence-electron chi connectivity index (χ2n) is 6.50. The van der Waals surface area contributed by atoms with Crippen LogP contribution in [0.3, 0.4) is 0 Å². The highest BCUT2D eigenvalue weighted by atomic mass is 32.1. The molecule has 0 spiro atoms. The van der Waals surface area contributed by atoms with Crippen LogP contribution in [-0.4, -0.2) is 35.3 Å². The Morgan fingerprint density at radius 3 is 2.75 bits per heavy atom. The van der Waals surface area contributed by atoms with Crippen LogP contribution in [0.25, 0.3) is 55.7 Å². The minimum atomic E-state index is 0.747. The maximum Gasteiger partial charge on any atom is 0.155 e. The molecule has 0 aliphatic rings. The molecule has 0 unspecified atom stereocenters. The van der Waals surface area contributed by atoms with Crippen LogP contribution in [0.2, 0.25) is 0 Å². The van der Waals surface area contributed by atoms with Crippen LogP contribution in [0.5, 0.6) is 0 Å². The van der Waals surface area contributed by atoms with E-state index in [9.17, 15) is 0 Å². The predicted molar refractivity (Wildman–Crippen MR) is 110 cm³/mol. The average molecular weight is 383 g/mol. The van der Waals surface area contributed by atoms with E-state index < -0.39 is 0 Å². The summed E-state index contributed by atoms with van der Waals surface area (Å²) >= 11 is 1.67. The molecule has 0 aliphatic heterocycles. The molecule has 3 N–H and O–H groups in total. The number of H-pyrrole nitrogens is 3. The minimum absolute atomic E-state index is 0.747. The van der Waals surface area contributed by atoms with Gasteiger partial charge in [-0.2, -0.15) is 21.5 Å². The number of thiophene rings is 1. The van der Waals surface area contributed by atoms with Crippen LogP contribution in [0.1, 0.15) is 0 Å². The van der Waals surface area contributed by atoms with Gasteiger partial charge < -0.3 is 4.98 Å². The van der Waals surface area contributed by atoms with Gasteiger partial charge in [0.25, 0.3) is 0 Å². The third kappa shape index (κ3) is 2.28. The summed E-state index contributed by atoms with van der Waals surface area (Å²) in [6, 6.07) is 8.26. The Morgan fingerprint density at radius 1 is 0.893 bits per heavy atom. The predicted octanol–water partition coefficient (Wildman–Crippen LogP) is 4.62. The van der Waals surface area contributed by atoms with Crippen molar-refractivity contribution in [3.8, 4) is 33.8 Å². The van der Waals surface area contributed by atoms with Crippen LogP contribution in [0.15, 0.2) is 59.8 Å². The van der Waals surface area contributed by atoms with Gasteiger partial charge in [-0.25, -0.2) is 4.98 Å². The molecular formula is C20H13N7S. The standard InChI is InChI=1S/C20H13N7S/c1-3-21-18(11-2-4-28-10-11)14-6-17(25-16(1)14)19-15-5-12(13-8-23-24-9-13)7-22-20(15)27-26-19/h1-10,25H,(H,23,24)(H,22,26,27). The molecule has 134 valence electrons. The number of rotatable bonds is 3. The second kappa shape index (κ2) is 5.86. The SMILES string of the molecule is c1cc2[nH]c(-c3n[nH]c4ncc(-c5cn[nH]c5)cc34)cc2c(-c2ccsc2)n1. The average Bonchev–Trinajstić information content (AvgIpc) is 3.53. The van der Waals surface area contributed by atoms with E-state index in [1.54, 1.807) is 17.5 Å². The van der Waals surface area contributed by atoms with Gasteiger partial charge >= 0.3 is 0 Å². The van der Waals surface area contributed by atoms with Crippen molar-refractivity contribution < 1.29 is 0 Å². The molecule has 6 aromatic rings. The lowest BCUT2D eigenvalue weighted by atomic mass is 10.1. The first-order chi connectivity index (χ1) is 13.9. The Labute approximate surface area is 162 Å². The monoisotopic (exact) mass is 383 g/mol. The summed E-state index contributed by atoms with van der Waals surface area (Å²) in [6.07, 6.45) is 7.28. The van der Waals surface area contributed by atoms with E-state index >= 15 is 0 Å². The fourth-order valence-electron chi connectivity index (χ4n) is 3.49. The Balaban J connectivity index is 1.55. The van der Waals surface area contributed by atoms with E-state index in [0.717, 1.165) is 55.7 Å². The zero-order valence-corrected chi connectivity index (χ0v) is 15.3. The van der Waals surface area contributed by atoms with Gasteiger partial charge in [0.05, 0.1) is 17.6 Å². The smallest absolute Gasteiger partial charge is 0.155 e. The largest absolute Gasteiger partial charge is 0.353 e. The Morgan fingerprint density at radius 2 is 1.89 bits per heavy atom. The topological polar surface area (TPSA) is 98.9 Å². The third-order valence-electron chi connectivity index (χ3n) is 4.85. The van der Waals surface area contributed by atoms with Crippen molar-refractivity contribution in [3.05, 3.63) is 59.8 Å². The number of hydrogen-bond acceptors (Lipinski definition) is 5. The molecule has 0 aliphatic carbocycles. The molecule has 6 heterocycles. The number of hydrogen-bond donors (Lipinski definition) is 3. The van der Waals surface area contributed by atoms with Crippen molar-refractivity contribution in [3.63, 3.8) is 0 Å². The van der Waals surface area contributed by atoms with Crippen LogP contribution in [-0.2, 0) is 0 Å².